The fourth-order valence-electron chi connectivity index (χ4n) is 3.57. The average molecular weight is 400 g/mol. The van der Waals surface area contributed by atoms with Gasteiger partial charge in [0.25, 0.3) is 5.91 Å². The Morgan fingerprint density at radius 2 is 2.00 bits per heavy atom. The molecule has 8 heteroatoms. The van der Waals surface area contributed by atoms with E-state index in [1.165, 1.54) is 0 Å². The van der Waals surface area contributed by atoms with Gasteiger partial charge in [-0.2, -0.15) is 4.98 Å². The molecule has 0 aliphatic carbocycles. The summed E-state index contributed by atoms with van der Waals surface area (Å²) in [5.74, 6) is 0.879. The van der Waals surface area contributed by atoms with Crippen LogP contribution in [0.4, 0.5) is 0 Å². The second-order valence-electron chi connectivity index (χ2n) is 7.15. The van der Waals surface area contributed by atoms with Crippen molar-refractivity contribution in [1.82, 2.24) is 24.6 Å². The van der Waals surface area contributed by atoms with E-state index >= 15 is 0 Å². The summed E-state index contributed by atoms with van der Waals surface area (Å²) >= 11 is 5.39. The SMILES string of the molecule is O=C(C1CCCO1)N1CCN(Cn2[nH]c(C=Cc3ccccc3)nc2=S)CC1. The van der Waals surface area contributed by atoms with Crippen molar-refractivity contribution in [3.8, 4) is 0 Å². The molecule has 0 saturated carbocycles. The molecule has 0 spiro atoms. The third-order valence-electron chi connectivity index (χ3n) is 5.16. The summed E-state index contributed by atoms with van der Waals surface area (Å²) in [5.41, 5.74) is 1.11. The highest BCUT2D eigenvalue weighted by Crippen LogP contribution is 2.16. The summed E-state index contributed by atoms with van der Waals surface area (Å²) in [6.45, 7) is 4.42. The Morgan fingerprint density at radius 1 is 1.21 bits per heavy atom. The molecule has 3 heterocycles. The molecule has 1 atom stereocenters. The molecular weight excluding hydrogens is 374 g/mol. The standard InChI is InChI=1S/C20H25N5O2S/c26-19(17-7-4-14-27-17)24-12-10-23(11-13-24)15-25-20(28)21-18(22-25)9-8-16-5-2-1-3-6-16/h1-3,5-6,8-9,17H,4,7,10-15H2,(H,21,22,28). The van der Waals surface area contributed by atoms with Gasteiger partial charge in [0.15, 0.2) is 0 Å². The maximum absolute atomic E-state index is 12.4. The first-order valence-electron chi connectivity index (χ1n) is 9.72. The van der Waals surface area contributed by atoms with Crippen molar-refractivity contribution in [3.63, 3.8) is 0 Å². The van der Waals surface area contributed by atoms with Gasteiger partial charge >= 0.3 is 0 Å². The highest BCUT2D eigenvalue weighted by atomic mass is 32.1. The minimum absolute atomic E-state index is 0.142. The summed E-state index contributed by atoms with van der Waals surface area (Å²) < 4.78 is 7.93. The Hall–Kier alpha value is -2.29. The van der Waals surface area contributed by atoms with Crippen molar-refractivity contribution in [2.24, 2.45) is 0 Å². The lowest BCUT2D eigenvalue weighted by molar-refractivity contribution is -0.142. The van der Waals surface area contributed by atoms with Gasteiger partial charge in [0.2, 0.25) is 4.77 Å². The maximum atomic E-state index is 12.4. The first kappa shape index (κ1) is 19.0. The van der Waals surface area contributed by atoms with E-state index in [1.807, 2.05) is 52.1 Å². The molecule has 0 radical (unpaired) electrons. The van der Waals surface area contributed by atoms with Gasteiger partial charge in [-0.1, -0.05) is 36.4 Å². The Labute approximate surface area is 169 Å². The van der Waals surface area contributed by atoms with E-state index in [1.54, 1.807) is 0 Å². The predicted octanol–water partition coefficient (Wildman–Crippen LogP) is 2.39. The molecule has 2 aromatic rings. The summed E-state index contributed by atoms with van der Waals surface area (Å²) in [5, 5.41) is 3.25. The van der Waals surface area contributed by atoms with Crippen LogP contribution in [-0.4, -0.2) is 69.4 Å². The van der Waals surface area contributed by atoms with Crippen LogP contribution in [-0.2, 0) is 16.2 Å². The number of aromatic nitrogens is 3. The van der Waals surface area contributed by atoms with E-state index in [9.17, 15) is 4.79 Å². The first-order valence-corrected chi connectivity index (χ1v) is 10.1. The van der Waals surface area contributed by atoms with Crippen LogP contribution in [0.1, 0.15) is 24.2 Å². The van der Waals surface area contributed by atoms with Gasteiger partial charge < -0.3 is 9.64 Å². The number of H-pyrrole nitrogens is 1. The zero-order valence-electron chi connectivity index (χ0n) is 15.8. The number of carbonyl (C=O) groups is 1. The van der Waals surface area contributed by atoms with Crippen LogP contribution in [0, 0.1) is 4.77 Å². The third kappa shape index (κ3) is 4.57. The number of piperazine rings is 1. The second kappa shape index (κ2) is 8.81. The minimum Gasteiger partial charge on any atom is -0.368 e. The number of benzene rings is 1. The van der Waals surface area contributed by atoms with Crippen LogP contribution < -0.4 is 0 Å². The fourth-order valence-corrected chi connectivity index (χ4v) is 3.77. The molecule has 0 bridgehead atoms. The van der Waals surface area contributed by atoms with E-state index in [0.717, 1.165) is 50.4 Å². The molecule has 2 aliphatic rings. The number of aromatic amines is 1. The number of carbonyl (C=O) groups excluding carboxylic acids is 1. The highest BCUT2D eigenvalue weighted by molar-refractivity contribution is 7.71. The molecule has 28 heavy (non-hydrogen) atoms. The summed E-state index contributed by atoms with van der Waals surface area (Å²) in [6, 6.07) is 10.1. The van der Waals surface area contributed by atoms with Crippen LogP contribution in [0.3, 0.4) is 0 Å². The molecule has 4 rings (SSSR count). The van der Waals surface area contributed by atoms with E-state index in [2.05, 4.69) is 15.0 Å². The lowest BCUT2D eigenvalue weighted by atomic mass is 10.2. The first-order chi connectivity index (χ1) is 13.7. The van der Waals surface area contributed by atoms with Crippen LogP contribution in [0.15, 0.2) is 30.3 Å². The molecule has 7 nitrogen and oxygen atoms in total. The zero-order chi connectivity index (χ0) is 19.3. The number of hydrogen-bond acceptors (Lipinski definition) is 5. The molecule has 2 aliphatic heterocycles. The Balaban J connectivity index is 1.31. The van der Waals surface area contributed by atoms with Gasteiger partial charge in [0.1, 0.15) is 11.9 Å². The average Bonchev–Trinajstić information content (AvgIpc) is 3.38. The van der Waals surface area contributed by atoms with Gasteiger partial charge in [0, 0.05) is 32.8 Å². The highest BCUT2D eigenvalue weighted by Gasteiger charge is 2.30. The second-order valence-corrected chi connectivity index (χ2v) is 7.52. The monoisotopic (exact) mass is 399 g/mol. The summed E-state index contributed by atoms with van der Waals surface area (Å²) in [6.07, 6.45) is 5.54. The topological polar surface area (TPSA) is 66.4 Å². The van der Waals surface area contributed by atoms with E-state index in [0.29, 0.717) is 18.0 Å². The van der Waals surface area contributed by atoms with Gasteiger partial charge in [-0.05, 0) is 36.7 Å². The quantitative estimate of drug-likeness (QED) is 0.782. The number of amides is 1. The summed E-state index contributed by atoms with van der Waals surface area (Å²) in [4.78, 5) is 21.1. The third-order valence-corrected chi connectivity index (χ3v) is 5.47. The van der Waals surface area contributed by atoms with E-state index in [4.69, 9.17) is 17.0 Å². The molecule has 1 aromatic carbocycles. The molecule has 2 fully saturated rings. The zero-order valence-corrected chi connectivity index (χ0v) is 16.6. The van der Waals surface area contributed by atoms with Crippen molar-refractivity contribution in [1.29, 1.82) is 0 Å². The lowest BCUT2D eigenvalue weighted by Gasteiger charge is -2.35. The Morgan fingerprint density at radius 3 is 2.71 bits per heavy atom. The smallest absolute Gasteiger partial charge is 0.251 e. The van der Waals surface area contributed by atoms with Gasteiger partial charge in [-0.15, -0.1) is 0 Å². The van der Waals surface area contributed by atoms with Crippen LogP contribution in [0.25, 0.3) is 12.2 Å². The number of hydrogen-bond donors (Lipinski definition) is 1. The molecular formula is C20H25N5O2S. The van der Waals surface area contributed by atoms with Gasteiger partial charge in [-0.25, -0.2) is 4.68 Å². The van der Waals surface area contributed by atoms with E-state index < -0.39 is 0 Å². The van der Waals surface area contributed by atoms with Crippen molar-refractivity contribution < 1.29 is 9.53 Å². The van der Waals surface area contributed by atoms with Gasteiger partial charge in [-0.3, -0.25) is 14.8 Å². The minimum atomic E-state index is -0.230. The Bertz CT molecular complexity index is 878. The van der Waals surface area contributed by atoms with E-state index in [-0.39, 0.29) is 12.0 Å². The Kier molecular flexibility index (Phi) is 5.99. The molecule has 1 amide bonds. The van der Waals surface area contributed by atoms with Crippen molar-refractivity contribution >= 4 is 30.3 Å². The number of nitrogens with one attached hydrogen (secondary N) is 1. The van der Waals surface area contributed by atoms with Crippen LogP contribution in [0.2, 0.25) is 0 Å². The number of nitrogens with zero attached hydrogens (tertiary/aromatic N) is 4. The molecule has 148 valence electrons. The van der Waals surface area contributed by atoms with Gasteiger partial charge in [0.05, 0.1) is 6.67 Å². The molecule has 2 saturated heterocycles. The predicted molar refractivity (Wildman–Crippen MR) is 110 cm³/mol. The van der Waals surface area contributed by atoms with Crippen molar-refractivity contribution in [2.75, 3.05) is 32.8 Å². The fraction of sp³-hybridized carbons (Fsp3) is 0.450. The normalized spacial score (nSPS) is 20.9. The lowest BCUT2D eigenvalue weighted by Crippen LogP contribution is -2.51. The number of rotatable bonds is 5. The molecule has 1 unspecified atom stereocenters. The summed E-state index contributed by atoms with van der Waals surface area (Å²) in [7, 11) is 0. The number of ether oxygens (including phenoxy) is 1. The molecule has 1 aromatic heterocycles. The van der Waals surface area contributed by atoms with Crippen molar-refractivity contribution in [2.45, 2.75) is 25.6 Å². The largest absolute Gasteiger partial charge is 0.368 e. The molecule has 1 N–H and O–H groups in total. The van der Waals surface area contributed by atoms with Crippen molar-refractivity contribution in [3.05, 3.63) is 46.5 Å². The van der Waals surface area contributed by atoms with Crippen LogP contribution in [0.5, 0.6) is 0 Å². The maximum Gasteiger partial charge on any atom is 0.251 e. The van der Waals surface area contributed by atoms with Crippen LogP contribution >= 0.6 is 12.2 Å².